The second kappa shape index (κ2) is 9.90. The Morgan fingerprint density at radius 3 is 2.11 bits per heavy atom. The van der Waals surface area contributed by atoms with Crippen molar-refractivity contribution >= 4 is 23.1 Å². The fourth-order valence-corrected chi connectivity index (χ4v) is 5.25. The van der Waals surface area contributed by atoms with Crippen LogP contribution in [0.2, 0.25) is 0 Å². The molecule has 2 aliphatic rings. The van der Waals surface area contributed by atoms with Gasteiger partial charge in [0.25, 0.3) is 0 Å². The predicted octanol–water partition coefficient (Wildman–Crippen LogP) is 6.01. The van der Waals surface area contributed by atoms with Crippen LogP contribution in [0, 0.1) is 0 Å². The first-order valence-corrected chi connectivity index (χ1v) is 12.3. The van der Waals surface area contributed by atoms with Crippen LogP contribution in [0.4, 0.5) is 11.4 Å². The summed E-state index contributed by atoms with van der Waals surface area (Å²) in [6.45, 7) is 1.85. The molecular formula is C30H30N2O4. The van der Waals surface area contributed by atoms with Gasteiger partial charge in [0.1, 0.15) is 11.5 Å². The summed E-state index contributed by atoms with van der Waals surface area (Å²) in [5, 5.41) is 3.56. The number of methoxy groups -OCH3 is 2. The van der Waals surface area contributed by atoms with Crippen LogP contribution >= 0.6 is 0 Å². The molecule has 1 aliphatic carbocycles. The van der Waals surface area contributed by atoms with Gasteiger partial charge in [0.05, 0.1) is 31.6 Å². The van der Waals surface area contributed by atoms with E-state index in [1.807, 2.05) is 79.7 Å². The number of hydrogen-bond donors (Lipinski definition) is 1. The molecule has 36 heavy (non-hydrogen) atoms. The van der Waals surface area contributed by atoms with Gasteiger partial charge in [-0.25, -0.2) is 0 Å². The van der Waals surface area contributed by atoms with Crippen molar-refractivity contribution in [3.63, 3.8) is 0 Å². The minimum atomic E-state index is -0.529. The summed E-state index contributed by atoms with van der Waals surface area (Å²) in [4.78, 5) is 29.2. The average Bonchev–Trinajstić information content (AvgIpc) is 3.07. The van der Waals surface area contributed by atoms with Gasteiger partial charge in [-0.2, -0.15) is 0 Å². The third-order valence-electron chi connectivity index (χ3n) is 7.08. The Bertz CT molecular complexity index is 1310. The highest BCUT2D eigenvalue weighted by Gasteiger charge is 2.41. The number of carbonyl (C=O) groups excluding carboxylic acids is 2. The first-order valence-electron chi connectivity index (χ1n) is 12.3. The van der Waals surface area contributed by atoms with E-state index in [4.69, 9.17) is 9.47 Å². The molecule has 0 unspecified atom stereocenters. The molecule has 1 amide bonds. The average molecular weight is 483 g/mol. The number of para-hydroxylation sites is 2. The molecule has 1 N–H and O–H groups in total. The highest BCUT2D eigenvalue weighted by Crippen LogP contribution is 2.47. The number of amides is 1. The second-order valence-corrected chi connectivity index (χ2v) is 9.13. The van der Waals surface area contributed by atoms with Crippen LogP contribution in [0.5, 0.6) is 11.5 Å². The predicted molar refractivity (Wildman–Crippen MR) is 141 cm³/mol. The topological polar surface area (TPSA) is 67.9 Å². The summed E-state index contributed by atoms with van der Waals surface area (Å²) in [6, 6.07) is 22.8. The largest absolute Gasteiger partial charge is 0.497 e. The van der Waals surface area contributed by atoms with E-state index >= 15 is 0 Å². The number of nitrogens with one attached hydrogen (secondary N) is 1. The van der Waals surface area contributed by atoms with E-state index in [0.717, 1.165) is 39.7 Å². The van der Waals surface area contributed by atoms with Crippen LogP contribution in [-0.2, 0) is 9.59 Å². The molecule has 0 aromatic heterocycles. The maximum Gasteiger partial charge on any atom is 0.227 e. The number of ether oxygens (including phenoxy) is 2. The van der Waals surface area contributed by atoms with Crippen molar-refractivity contribution in [3.05, 3.63) is 95.2 Å². The standard InChI is InChI=1S/C30H30N2O4/c1-4-28(34)32-26-8-6-5-7-24(26)31-25-17-21(19-9-13-22(35-2)14-10-19)18-27(33)29(25)30(32)20-11-15-23(36-3)16-12-20/h5-16,21,30-31H,4,17-18H2,1-3H3/t21-,30+/m1/s1. The van der Waals surface area contributed by atoms with Crippen molar-refractivity contribution < 1.29 is 19.1 Å². The monoisotopic (exact) mass is 482 g/mol. The number of ketones is 1. The SMILES string of the molecule is CCC(=O)N1c2ccccc2NC2=C(C(=O)C[C@H](c3ccc(OC)cc3)C2)[C@@H]1c1ccc(OC)cc1. The van der Waals surface area contributed by atoms with Crippen LogP contribution in [0.25, 0.3) is 0 Å². The Balaban J connectivity index is 1.66. The summed E-state index contributed by atoms with van der Waals surface area (Å²) in [5.74, 6) is 1.56. The molecular weight excluding hydrogens is 452 g/mol. The molecule has 3 aromatic rings. The summed E-state index contributed by atoms with van der Waals surface area (Å²) >= 11 is 0. The van der Waals surface area contributed by atoms with Gasteiger partial charge in [0.2, 0.25) is 5.91 Å². The minimum Gasteiger partial charge on any atom is -0.497 e. The van der Waals surface area contributed by atoms with Gasteiger partial charge in [-0.1, -0.05) is 43.3 Å². The van der Waals surface area contributed by atoms with Crippen LogP contribution in [0.15, 0.2) is 84.1 Å². The number of anilines is 2. The van der Waals surface area contributed by atoms with E-state index in [0.29, 0.717) is 24.8 Å². The van der Waals surface area contributed by atoms with Gasteiger partial charge in [-0.3, -0.25) is 14.5 Å². The molecule has 6 heteroatoms. The quantitative estimate of drug-likeness (QED) is 0.482. The van der Waals surface area contributed by atoms with Crippen LogP contribution < -0.4 is 19.7 Å². The first kappa shape index (κ1) is 23.7. The minimum absolute atomic E-state index is 0.0340. The van der Waals surface area contributed by atoms with E-state index in [2.05, 4.69) is 5.32 Å². The number of fused-ring (bicyclic) bond motifs is 1. The fraction of sp³-hybridized carbons (Fsp3) is 0.267. The van der Waals surface area contributed by atoms with E-state index < -0.39 is 6.04 Å². The molecule has 1 aliphatic heterocycles. The number of nitrogens with zero attached hydrogens (tertiary/aromatic N) is 1. The Hall–Kier alpha value is -4.06. The number of allylic oxidation sites excluding steroid dienone is 1. The summed E-state index contributed by atoms with van der Waals surface area (Å²) in [7, 11) is 3.27. The number of hydrogen-bond acceptors (Lipinski definition) is 5. The van der Waals surface area contributed by atoms with Crippen LogP contribution in [-0.4, -0.2) is 25.9 Å². The number of carbonyl (C=O) groups is 2. The molecule has 0 fully saturated rings. The lowest BCUT2D eigenvalue weighted by Gasteiger charge is -2.35. The second-order valence-electron chi connectivity index (χ2n) is 9.13. The zero-order valence-corrected chi connectivity index (χ0v) is 20.8. The maximum absolute atomic E-state index is 13.9. The van der Waals surface area contributed by atoms with Crippen molar-refractivity contribution in [2.45, 2.75) is 38.1 Å². The van der Waals surface area contributed by atoms with Gasteiger partial charge in [0.15, 0.2) is 5.78 Å². The van der Waals surface area contributed by atoms with Gasteiger partial charge in [-0.15, -0.1) is 0 Å². The Kier molecular flexibility index (Phi) is 6.51. The molecule has 1 heterocycles. The van der Waals surface area contributed by atoms with Gasteiger partial charge >= 0.3 is 0 Å². The lowest BCUT2D eigenvalue weighted by atomic mass is 9.78. The smallest absolute Gasteiger partial charge is 0.227 e. The maximum atomic E-state index is 13.9. The Labute approximate surface area is 211 Å². The Morgan fingerprint density at radius 1 is 0.889 bits per heavy atom. The molecule has 184 valence electrons. The lowest BCUT2D eigenvalue weighted by Crippen LogP contribution is -2.38. The molecule has 2 atom stereocenters. The van der Waals surface area contributed by atoms with Crippen molar-refractivity contribution in [1.29, 1.82) is 0 Å². The third kappa shape index (κ3) is 4.24. The zero-order valence-electron chi connectivity index (χ0n) is 20.8. The molecule has 3 aromatic carbocycles. The molecule has 0 radical (unpaired) electrons. The highest BCUT2D eigenvalue weighted by molar-refractivity contribution is 6.06. The molecule has 0 spiro atoms. The van der Waals surface area contributed by atoms with Crippen molar-refractivity contribution in [2.75, 3.05) is 24.4 Å². The molecule has 6 nitrogen and oxygen atoms in total. The van der Waals surface area contributed by atoms with Crippen molar-refractivity contribution in [2.24, 2.45) is 0 Å². The molecule has 0 saturated heterocycles. The van der Waals surface area contributed by atoms with Crippen LogP contribution in [0.1, 0.15) is 49.3 Å². The summed E-state index contributed by atoms with van der Waals surface area (Å²) in [5.41, 5.74) is 5.09. The van der Waals surface area contributed by atoms with Crippen molar-refractivity contribution in [3.8, 4) is 11.5 Å². The number of rotatable bonds is 5. The van der Waals surface area contributed by atoms with E-state index in [1.54, 1.807) is 19.1 Å². The highest BCUT2D eigenvalue weighted by atomic mass is 16.5. The van der Waals surface area contributed by atoms with E-state index in [1.165, 1.54) is 0 Å². The van der Waals surface area contributed by atoms with Gasteiger partial charge in [-0.05, 0) is 59.9 Å². The third-order valence-corrected chi connectivity index (χ3v) is 7.08. The Morgan fingerprint density at radius 2 is 1.50 bits per heavy atom. The summed E-state index contributed by atoms with van der Waals surface area (Å²) in [6.07, 6.45) is 1.37. The first-order chi connectivity index (χ1) is 17.5. The fourth-order valence-electron chi connectivity index (χ4n) is 5.25. The summed E-state index contributed by atoms with van der Waals surface area (Å²) < 4.78 is 10.7. The van der Waals surface area contributed by atoms with E-state index in [-0.39, 0.29) is 17.6 Å². The zero-order chi connectivity index (χ0) is 25.2. The normalized spacial score (nSPS) is 19.1. The van der Waals surface area contributed by atoms with Crippen molar-refractivity contribution in [1.82, 2.24) is 0 Å². The van der Waals surface area contributed by atoms with Gasteiger partial charge < -0.3 is 14.8 Å². The lowest BCUT2D eigenvalue weighted by molar-refractivity contribution is -0.119. The number of benzene rings is 3. The molecule has 5 rings (SSSR count). The number of Topliss-reactive ketones (excluding diaryl/α,β-unsaturated/α-hetero) is 1. The molecule has 0 saturated carbocycles. The van der Waals surface area contributed by atoms with E-state index in [9.17, 15) is 9.59 Å². The van der Waals surface area contributed by atoms with Gasteiger partial charge in [0, 0.05) is 24.1 Å². The molecule has 0 bridgehead atoms. The van der Waals surface area contributed by atoms with Crippen LogP contribution in [0.3, 0.4) is 0 Å².